The number of nitrogens with two attached hydrogens (primary N) is 1. The van der Waals surface area contributed by atoms with Crippen LogP contribution in [0.5, 0.6) is 0 Å². The summed E-state index contributed by atoms with van der Waals surface area (Å²) in [4.78, 5) is 21.4. The molecule has 5 heteroatoms. The third kappa shape index (κ3) is 0.904. The van der Waals surface area contributed by atoms with E-state index in [2.05, 4.69) is 0 Å². The van der Waals surface area contributed by atoms with Crippen LogP contribution in [0.2, 0.25) is 0 Å². The van der Waals surface area contributed by atoms with Gasteiger partial charge in [0, 0.05) is 5.92 Å². The zero-order chi connectivity index (χ0) is 9.80. The Kier molecular flexibility index (Phi) is 1.46. The highest BCUT2D eigenvalue weighted by molar-refractivity contribution is 5.85. The van der Waals surface area contributed by atoms with Crippen LogP contribution in [0.1, 0.15) is 12.8 Å². The molecule has 0 radical (unpaired) electrons. The predicted molar refractivity (Wildman–Crippen MR) is 41.9 cm³/mol. The number of rotatable bonds is 2. The second-order valence-electron chi connectivity index (χ2n) is 3.94. The summed E-state index contributed by atoms with van der Waals surface area (Å²) < 4.78 is 0. The van der Waals surface area contributed by atoms with Crippen LogP contribution in [0.15, 0.2) is 0 Å². The van der Waals surface area contributed by atoms with Crippen LogP contribution in [0.4, 0.5) is 0 Å². The van der Waals surface area contributed by atoms with Crippen molar-refractivity contribution < 1.29 is 19.8 Å². The van der Waals surface area contributed by atoms with E-state index in [1.165, 1.54) is 0 Å². The summed E-state index contributed by atoms with van der Waals surface area (Å²) in [5, 5.41) is 17.6. The highest BCUT2D eigenvalue weighted by Crippen LogP contribution is 2.61. The van der Waals surface area contributed by atoms with Crippen molar-refractivity contribution in [1.29, 1.82) is 0 Å². The fraction of sp³-hybridized carbons (Fsp3) is 0.750. The Morgan fingerprint density at radius 2 is 2.00 bits per heavy atom. The Balaban J connectivity index is 2.20. The summed E-state index contributed by atoms with van der Waals surface area (Å²) in [5.41, 5.74) is 4.37. The van der Waals surface area contributed by atoms with Crippen molar-refractivity contribution in [2.24, 2.45) is 23.5 Å². The molecule has 0 amide bonds. The lowest BCUT2D eigenvalue weighted by molar-refractivity contribution is -0.145. The fourth-order valence-electron chi connectivity index (χ4n) is 2.59. The Morgan fingerprint density at radius 1 is 1.38 bits per heavy atom. The average Bonchev–Trinajstić information content (AvgIpc) is 2.66. The minimum absolute atomic E-state index is 0.00130. The molecule has 4 N–H and O–H groups in total. The molecule has 2 aliphatic carbocycles. The van der Waals surface area contributed by atoms with Crippen LogP contribution in [0.25, 0.3) is 0 Å². The molecule has 2 aliphatic rings. The van der Waals surface area contributed by atoms with Gasteiger partial charge in [-0.2, -0.15) is 0 Å². The summed E-state index contributed by atoms with van der Waals surface area (Å²) in [6.07, 6.45) is 1.03. The average molecular weight is 185 g/mol. The smallest absolute Gasteiger partial charge is 0.324 e. The van der Waals surface area contributed by atoms with Crippen molar-refractivity contribution in [1.82, 2.24) is 0 Å². The summed E-state index contributed by atoms with van der Waals surface area (Å²) >= 11 is 0. The van der Waals surface area contributed by atoms with Crippen LogP contribution in [0.3, 0.4) is 0 Å². The molecule has 0 aromatic carbocycles. The molecular weight excluding hydrogens is 174 g/mol. The summed E-state index contributed by atoms with van der Waals surface area (Å²) in [7, 11) is 0. The number of carboxylic acid groups (broad SMARTS) is 2. The molecule has 13 heavy (non-hydrogen) atoms. The minimum atomic E-state index is -1.28. The van der Waals surface area contributed by atoms with E-state index in [-0.39, 0.29) is 11.8 Å². The Hall–Kier alpha value is -1.10. The molecule has 0 aromatic rings. The van der Waals surface area contributed by atoms with Crippen molar-refractivity contribution >= 4 is 11.9 Å². The number of fused-ring (bicyclic) bond motifs is 1. The second kappa shape index (κ2) is 2.23. The van der Waals surface area contributed by atoms with Gasteiger partial charge in [0.2, 0.25) is 0 Å². The van der Waals surface area contributed by atoms with Gasteiger partial charge in [-0.15, -0.1) is 0 Å². The van der Waals surface area contributed by atoms with Crippen LogP contribution in [0, 0.1) is 17.8 Å². The van der Waals surface area contributed by atoms with Gasteiger partial charge in [0.1, 0.15) is 5.54 Å². The molecule has 0 saturated heterocycles. The highest BCUT2D eigenvalue weighted by Gasteiger charge is 2.69. The summed E-state index contributed by atoms with van der Waals surface area (Å²) in [6, 6.07) is 0. The molecule has 2 fully saturated rings. The topological polar surface area (TPSA) is 101 Å². The molecule has 4 atom stereocenters. The minimum Gasteiger partial charge on any atom is -0.481 e. The lowest BCUT2D eigenvalue weighted by Crippen LogP contribution is -2.49. The number of aliphatic carboxylic acids is 2. The maximum atomic E-state index is 10.8. The van der Waals surface area contributed by atoms with E-state index < -0.39 is 23.4 Å². The maximum absolute atomic E-state index is 10.8. The Bertz CT molecular complexity index is 290. The van der Waals surface area contributed by atoms with Gasteiger partial charge in [0.05, 0.1) is 5.92 Å². The molecule has 2 rings (SSSR count). The van der Waals surface area contributed by atoms with Crippen molar-refractivity contribution in [2.45, 2.75) is 18.4 Å². The zero-order valence-electron chi connectivity index (χ0n) is 6.93. The van der Waals surface area contributed by atoms with Gasteiger partial charge in [-0.1, -0.05) is 0 Å². The van der Waals surface area contributed by atoms with E-state index in [0.29, 0.717) is 12.8 Å². The molecule has 0 aliphatic heterocycles. The normalized spacial score (nSPS) is 47.0. The van der Waals surface area contributed by atoms with E-state index in [1.807, 2.05) is 0 Å². The van der Waals surface area contributed by atoms with E-state index in [4.69, 9.17) is 15.9 Å². The van der Waals surface area contributed by atoms with E-state index in [0.717, 1.165) is 0 Å². The van der Waals surface area contributed by atoms with Crippen LogP contribution < -0.4 is 5.73 Å². The van der Waals surface area contributed by atoms with Gasteiger partial charge in [-0.25, -0.2) is 0 Å². The molecule has 0 bridgehead atoms. The van der Waals surface area contributed by atoms with Crippen molar-refractivity contribution in [2.75, 3.05) is 0 Å². The molecule has 0 spiro atoms. The molecule has 0 unspecified atom stereocenters. The highest BCUT2D eigenvalue weighted by atomic mass is 16.4. The first-order valence-electron chi connectivity index (χ1n) is 4.23. The van der Waals surface area contributed by atoms with Gasteiger partial charge in [-0.05, 0) is 18.8 Å². The lowest BCUT2D eigenvalue weighted by atomic mass is 9.92. The molecular formula is C8H11NO4. The van der Waals surface area contributed by atoms with Gasteiger partial charge in [0.15, 0.2) is 0 Å². The van der Waals surface area contributed by atoms with Crippen LogP contribution >= 0.6 is 0 Å². The first-order valence-corrected chi connectivity index (χ1v) is 4.23. The van der Waals surface area contributed by atoms with Gasteiger partial charge in [-0.3, -0.25) is 9.59 Å². The predicted octanol–water partition coefficient (Wildman–Crippen LogP) is -0.491. The molecule has 0 aromatic heterocycles. The molecule has 5 nitrogen and oxygen atoms in total. The second-order valence-corrected chi connectivity index (χ2v) is 3.94. The Labute approximate surface area is 74.5 Å². The van der Waals surface area contributed by atoms with Crippen molar-refractivity contribution in [3.05, 3.63) is 0 Å². The summed E-state index contributed by atoms with van der Waals surface area (Å²) in [6.45, 7) is 0. The van der Waals surface area contributed by atoms with Crippen LogP contribution in [-0.4, -0.2) is 27.7 Å². The first-order chi connectivity index (χ1) is 5.98. The zero-order valence-corrected chi connectivity index (χ0v) is 6.93. The van der Waals surface area contributed by atoms with Gasteiger partial charge >= 0.3 is 11.9 Å². The number of hydrogen-bond donors (Lipinski definition) is 3. The third-order valence-corrected chi connectivity index (χ3v) is 3.34. The first kappa shape index (κ1) is 8.50. The molecule has 72 valence electrons. The largest absolute Gasteiger partial charge is 0.481 e. The number of carbonyl (C=O) groups is 2. The standard InChI is InChI=1S/C8H11NO4/c9-8(7(12)13)2-1-3-4(5(3)8)6(10)11/h3-5H,1-2,9H2,(H,10,11)(H,12,13)/t3-,4+,5-,8+/m1/s1. The number of hydrogen-bond acceptors (Lipinski definition) is 3. The van der Waals surface area contributed by atoms with E-state index in [9.17, 15) is 9.59 Å². The lowest BCUT2D eigenvalue weighted by Gasteiger charge is -2.20. The molecule has 2 saturated carbocycles. The third-order valence-electron chi connectivity index (χ3n) is 3.34. The van der Waals surface area contributed by atoms with E-state index in [1.54, 1.807) is 0 Å². The van der Waals surface area contributed by atoms with Crippen molar-refractivity contribution in [3.8, 4) is 0 Å². The van der Waals surface area contributed by atoms with Gasteiger partial charge < -0.3 is 15.9 Å². The van der Waals surface area contributed by atoms with Crippen molar-refractivity contribution in [3.63, 3.8) is 0 Å². The SMILES string of the molecule is N[C@@]1(C(=O)O)CC[C@@H]2[C@H](C(=O)O)[C@@H]21. The summed E-state index contributed by atoms with van der Waals surface area (Å²) in [5.74, 6) is -2.84. The molecule has 0 heterocycles. The van der Waals surface area contributed by atoms with Crippen LogP contribution in [-0.2, 0) is 9.59 Å². The fourth-order valence-corrected chi connectivity index (χ4v) is 2.59. The quantitative estimate of drug-likeness (QED) is 0.539. The monoisotopic (exact) mass is 185 g/mol. The maximum Gasteiger partial charge on any atom is 0.324 e. The van der Waals surface area contributed by atoms with Gasteiger partial charge in [0.25, 0.3) is 0 Å². The number of carboxylic acids is 2. The van der Waals surface area contributed by atoms with E-state index >= 15 is 0 Å². The Morgan fingerprint density at radius 3 is 2.38 bits per heavy atom.